The molecule has 0 aliphatic heterocycles. The fourth-order valence-electron chi connectivity index (χ4n) is 1.63. The number of hydrogen-bond acceptors (Lipinski definition) is 2. The van der Waals surface area contributed by atoms with Crippen molar-refractivity contribution in [1.29, 1.82) is 0 Å². The first-order valence-electron chi connectivity index (χ1n) is 6.97. The molecular weight excluding hydrogens is 420 g/mol. The molecule has 0 fully saturated rings. The second-order valence-electron chi connectivity index (χ2n) is 5.32. The Morgan fingerprint density at radius 2 is 1.57 bits per heavy atom. The summed E-state index contributed by atoms with van der Waals surface area (Å²) in [6.07, 6.45) is 0. The van der Waals surface area contributed by atoms with Crippen molar-refractivity contribution in [3.8, 4) is 0 Å². The molecule has 2 N–H and O–H groups in total. The molecule has 6 heteroatoms. The molecule has 0 saturated carbocycles. The van der Waals surface area contributed by atoms with Crippen molar-refractivity contribution in [2.24, 2.45) is 0 Å². The molecule has 0 atom stereocenters. The Morgan fingerprint density at radius 1 is 1.00 bits per heavy atom. The molecule has 2 aromatic carbocycles. The van der Waals surface area contributed by atoms with Gasteiger partial charge in [0, 0.05) is 10.7 Å². The number of rotatable bonds is 3. The number of carbonyl (C=O) groups excluding carboxylic acids is 1. The molecule has 0 spiro atoms. The second kappa shape index (κ2) is 9.57. The second-order valence-corrected chi connectivity index (χ2v) is 14.3. The van der Waals surface area contributed by atoms with E-state index in [1.807, 2.05) is 0 Å². The van der Waals surface area contributed by atoms with Crippen LogP contribution in [-0.4, -0.2) is 36.7 Å². The number of benzene rings is 2. The van der Waals surface area contributed by atoms with Gasteiger partial charge in [-0.05, 0) is 30.3 Å². The third-order valence-corrected chi connectivity index (χ3v) is 2.72. The van der Waals surface area contributed by atoms with Crippen LogP contribution >= 0.6 is 11.6 Å². The Balaban J connectivity index is 0.000000593. The Labute approximate surface area is 148 Å². The quantitative estimate of drug-likeness (QED) is 0.684. The Morgan fingerprint density at radius 3 is 2.09 bits per heavy atom. The van der Waals surface area contributed by atoms with Gasteiger partial charge in [-0.2, -0.15) is 0 Å². The minimum atomic E-state index is -1.14. The van der Waals surface area contributed by atoms with Gasteiger partial charge in [0.15, 0.2) is 0 Å². The van der Waals surface area contributed by atoms with Gasteiger partial charge in [-0.25, -0.2) is 4.79 Å². The first-order valence-corrected chi connectivity index (χ1v) is 15.9. The van der Waals surface area contributed by atoms with E-state index >= 15 is 0 Å². The third-order valence-electron chi connectivity index (χ3n) is 2.48. The first-order chi connectivity index (χ1) is 10.8. The summed E-state index contributed by atoms with van der Waals surface area (Å²) in [6.45, 7) is 0. The Kier molecular flexibility index (Phi) is 8.12. The molecule has 2 aromatic rings. The summed E-state index contributed by atoms with van der Waals surface area (Å²) in [5.74, 6) is -1.63. The van der Waals surface area contributed by atoms with Crippen LogP contribution in [0.2, 0.25) is 19.8 Å². The number of anilines is 1. The van der Waals surface area contributed by atoms with Crippen molar-refractivity contribution in [2.75, 3.05) is 5.32 Å². The summed E-state index contributed by atoms with van der Waals surface area (Å²) in [4.78, 5) is 30.2. The number of aromatic carboxylic acids is 1. The van der Waals surface area contributed by atoms with Gasteiger partial charge in [0.25, 0.3) is 5.91 Å². The van der Waals surface area contributed by atoms with E-state index in [1.165, 1.54) is 12.1 Å². The molecular formula is C17H19ClNO3Sn. The molecule has 2 rings (SSSR count). The number of amides is 1. The zero-order valence-corrected chi connectivity index (χ0v) is 16.9. The molecule has 0 heterocycles. The van der Waals surface area contributed by atoms with Crippen molar-refractivity contribution >= 4 is 48.9 Å². The average molecular weight is 440 g/mol. The number of hydrogen-bond donors (Lipinski definition) is 2. The van der Waals surface area contributed by atoms with Gasteiger partial charge in [-0.3, -0.25) is 4.79 Å². The standard InChI is InChI=1S/C14H10ClNO3.3CH3.Sn/c15-9-4-3-5-10(8-9)16-13(17)11-6-1-2-7-12(11)14(18)19;;;;/h1-8H,(H,16,17)(H,18,19);3*1H3;. The first kappa shape index (κ1) is 19.5. The normalized spacial score (nSPS) is 9.78. The molecule has 0 aromatic heterocycles. The van der Waals surface area contributed by atoms with E-state index in [0.717, 1.165) is 0 Å². The van der Waals surface area contributed by atoms with Crippen LogP contribution in [0.1, 0.15) is 20.7 Å². The number of carboxylic acids is 1. The maximum absolute atomic E-state index is 12.0. The van der Waals surface area contributed by atoms with Crippen molar-refractivity contribution in [3.05, 3.63) is 64.7 Å². The van der Waals surface area contributed by atoms with Crippen LogP contribution in [0.3, 0.4) is 0 Å². The van der Waals surface area contributed by atoms with Crippen molar-refractivity contribution in [1.82, 2.24) is 0 Å². The monoisotopic (exact) mass is 440 g/mol. The van der Waals surface area contributed by atoms with Crippen LogP contribution in [0.5, 0.6) is 0 Å². The van der Waals surface area contributed by atoms with Gasteiger partial charge in [0.1, 0.15) is 0 Å². The minimum absolute atomic E-state index is 0.0398. The van der Waals surface area contributed by atoms with E-state index in [0.29, 0.717) is 10.7 Å². The molecule has 0 bridgehead atoms. The summed E-state index contributed by atoms with van der Waals surface area (Å²) in [6, 6.07) is 12.7. The zero-order valence-electron chi connectivity index (χ0n) is 13.3. The van der Waals surface area contributed by atoms with Crippen molar-refractivity contribution < 1.29 is 14.7 Å². The fraction of sp³-hybridized carbons (Fsp3) is 0.176. The molecule has 1 amide bonds. The van der Waals surface area contributed by atoms with E-state index in [1.54, 1.807) is 36.4 Å². The molecule has 0 aliphatic rings. The van der Waals surface area contributed by atoms with Crippen LogP contribution in [0.25, 0.3) is 0 Å². The Hall–Kier alpha value is -1.53. The van der Waals surface area contributed by atoms with E-state index in [4.69, 9.17) is 16.7 Å². The number of nitrogens with one attached hydrogen (secondary N) is 1. The molecule has 23 heavy (non-hydrogen) atoms. The van der Waals surface area contributed by atoms with E-state index in [2.05, 4.69) is 20.1 Å². The van der Waals surface area contributed by atoms with Gasteiger partial charge in [0.05, 0.1) is 11.1 Å². The van der Waals surface area contributed by atoms with Crippen LogP contribution in [0, 0.1) is 0 Å². The average Bonchev–Trinajstić information content (AvgIpc) is 2.46. The number of halogens is 1. The molecule has 0 saturated heterocycles. The van der Waals surface area contributed by atoms with Gasteiger partial charge in [-0.15, -0.1) is 0 Å². The van der Waals surface area contributed by atoms with Gasteiger partial charge < -0.3 is 10.4 Å². The van der Waals surface area contributed by atoms with Crippen molar-refractivity contribution in [2.45, 2.75) is 14.8 Å². The molecule has 0 unspecified atom stereocenters. The SMILES string of the molecule is O=C(O)c1ccccc1C(=O)Nc1cccc(Cl)c1.[CH3][Sn]([CH3])[CH3]. The van der Waals surface area contributed by atoms with Gasteiger partial charge in [0.2, 0.25) is 0 Å². The summed E-state index contributed by atoms with van der Waals surface area (Å²) in [5, 5.41) is 12.1. The third kappa shape index (κ3) is 7.05. The van der Waals surface area contributed by atoms with Gasteiger partial charge >= 0.3 is 40.5 Å². The summed E-state index contributed by atoms with van der Waals surface area (Å²) in [5.41, 5.74) is 0.578. The number of carbonyl (C=O) groups is 2. The molecule has 121 valence electrons. The summed E-state index contributed by atoms with van der Waals surface area (Å²) >= 11 is 5.27. The summed E-state index contributed by atoms with van der Waals surface area (Å²) < 4.78 is 0. The zero-order chi connectivity index (χ0) is 17.4. The van der Waals surface area contributed by atoms with E-state index in [9.17, 15) is 9.59 Å². The molecule has 0 aliphatic carbocycles. The van der Waals surface area contributed by atoms with Crippen LogP contribution in [0.4, 0.5) is 5.69 Å². The van der Waals surface area contributed by atoms with E-state index < -0.39 is 31.6 Å². The number of carboxylic acid groups (broad SMARTS) is 1. The molecule has 1 radical (unpaired) electrons. The molecule has 4 nitrogen and oxygen atoms in total. The van der Waals surface area contributed by atoms with Crippen LogP contribution in [-0.2, 0) is 0 Å². The van der Waals surface area contributed by atoms with Crippen LogP contribution < -0.4 is 5.32 Å². The summed E-state index contributed by atoms with van der Waals surface area (Å²) in [7, 11) is 0. The maximum atomic E-state index is 12.0. The predicted molar refractivity (Wildman–Crippen MR) is 96.2 cm³/mol. The Bertz CT molecular complexity index is 686. The van der Waals surface area contributed by atoms with Crippen LogP contribution in [0.15, 0.2) is 48.5 Å². The van der Waals surface area contributed by atoms with Gasteiger partial charge in [-0.1, -0.05) is 29.8 Å². The van der Waals surface area contributed by atoms with Crippen molar-refractivity contribution in [3.63, 3.8) is 0 Å². The fourth-order valence-corrected chi connectivity index (χ4v) is 1.82. The predicted octanol–water partition coefficient (Wildman–Crippen LogP) is 4.66. The topological polar surface area (TPSA) is 66.4 Å². The van der Waals surface area contributed by atoms with E-state index in [-0.39, 0.29) is 11.1 Å².